The van der Waals surface area contributed by atoms with Gasteiger partial charge in [-0.05, 0) is 11.5 Å². The van der Waals surface area contributed by atoms with E-state index < -0.39 is 5.97 Å². The Kier molecular flexibility index (Phi) is 3.79. The van der Waals surface area contributed by atoms with Crippen LogP contribution in [0.2, 0.25) is 0 Å². The van der Waals surface area contributed by atoms with Crippen LogP contribution in [-0.2, 0) is 9.53 Å². The summed E-state index contributed by atoms with van der Waals surface area (Å²) in [6.45, 7) is 0. The van der Waals surface area contributed by atoms with Crippen molar-refractivity contribution in [3.63, 3.8) is 0 Å². The maximum atomic E-state index is 11.3. The summed E-state index contributed by atoms with van der Waals surface area (Å²) in [5.74, 6) is -0.657. The van der Waals surface area contributed by atoms with Crippen molar-refractivity contribution in [2.24, 2.45) is 0 Å². The summed E-state index contributed by atoms with van der Waals surface area (Å²) in [6.07, 6.45) is 1.35. The summed E-state index contributed by atoms with van der Waals surface area (Å²) in [7, 11) is 1.24. The van der Waals surface area contributed by atoms with Gasteiger partial charge >= 0.3 is 5.97 Å². The van der Waals surface area contributed by atoms with E-state index in [2.05, 4.69) is 10.1 Å². The smallest absolute Gasteiger partial charge is 0.350 e. The third-order valence-corrected chi connectivity index (χ3v) is 2.69. The van der Waals surface area contributed by atoms with Crippen molar-refractivity contribution in [3.8, 4) is 6.07 Å². The Morgan fingerprint density at radius 2 is 2.00 bits per heavy atom. The van der Waals surface area contributed by atoms with Crippen LogP contribution in [-0.4, -0.2) is 13.1 Å². The number of nitrogens with one attached hydrogen (secondary N) is 1. The number of methoxy groups -OCH3 is 1. The Bertz CT molecular complexity index is 679. The fraction of sp³-hybridized carbons (Fsp3) is 0.0667. The predicted molar refractivity (Wildman–Crippen MR) is 73.3 cm³/mol. The van der Waals surface area contributed by atoms with Gasteiger partial charge in [0.1, 0.15) is 6.07 Å². The van der Waals surface area contributed by atoms with E-state index in [-0.39, 0.29) is 5.57 Å². The lowest BCUT2D eigenvalue weighted by molar-refractivity contribution is -0.135. The summed E-state index contributed by atoms with van der Waals surface area (Å²) < 4.78 is 4.51. The summed E-state index contributed by atoms with van der Waals surface area (Å²) in [6, 6.07) is 15.4. The molecule has 4 heteroatoms. The van der Waals surface area contributed by atoms with Crippen molar-refractivity contribution in [3.05, 3.63) is 54.2 Å². The molecule has 0 heterocycles. The van der Waals surface area contributed by atoms with Gasteiger partial charge in [0.05, 0.1) is 7.11 Å². The second-order valence-corrected chi connectivity index (χ2v) is 3.83. The van der Waals surface area contributed by atoms with Crippen molar-refractivity contribution in [1.29, 1.82) is 5.26 Å². The van der Waals surface area contributed by atoms with Crippen LogP contribution < -0.4 is 5.32 Å². The SMILES string of the molecule is COC(=O)/C(C#N)=C\Nc1cccc2ccccc12. The monoisotopic (exact) mass is 252 g/mol. The van der Waals surface area contributed by atoms with E-state index in [9.17, 15) is 4.79 Å². The average molecular weight is 252 g/mol. The molecule has 0 unspecified atom stereocenters. The molecular formula is C15H12N2O2. The summed E-state index contributed by atoms with van der Waals surface area (Å²) in [4.78, 5) is 11.3. The molecule has 0 aliphatic heterocycles. The van der Waals surface area contributed by atoms with Gasteiger partial charge in [-0.2, -0.15) is 5.26 Å². The minimum Gasteiger partial charge on any atom is -0.465 e. The molecule has 0 amide bonds. The summed E-state index contributed by atoms with van der Waals surface area (Å²) in [5.41, 5.74) is 0.755. The van der Waals surface area contributed by atoms with Crippen molar-refractivity contribution < 1.29 is 9.53 Å². The number of nitrogens with zero attached hydrogens (tertiary/aromatic N) is 1. The van der Waals surface area contributed by atoms with Gasteiger partial charge in [0.2, 0.25) is 0 Å². The second kappa shape index (κ2) is 5.69. The molecule has 4 nitrogen and oxygen atoms in total. The Balaban J connectivity index is 2.34. The molecule has 0 fully saturated rings. The zero-order valence-electron chi connectivity index (χ0n) is 10.4. The number of fused-ring (bicyclic) bond motifs is 1. The van der Waals surface area contributed by atoms with Crippen molar-refractivity contribution in [1.82, 2.24) is 0 Å². The molecular weight excluding hydrogens is 240 g/mol. The second-order valence-electron chi connectivity index (χ2n) is 3.83. The highest BCUT2D eigenvalue weighted by Crippen LogP contribution is 2.23. The van der Waals surface area contributed by atoms with Crippen LogP contribution in [0.5, 0.6) is 0 Å². The number of carbonyl (C=O) groups is 1. The van der Waals surface area contributed by atoms with E-state index in [4.69, 9.17) is 5.26 Å². The molecule has 19 heavy (non-hydrogen) atoms. The Morgan fingerprint density at radius 1 is 1.26 bits per heavy atom. The van der Waals surface area contributed by atoms with Crippen LogP contribution in [0.1, 0.15) is 0 Å². The van der Waals surface area contributed by atoms with Gasteiger partial charge in [-0.25, -0.2) is 4.79 Å². The minimum absolute atomic E-state index is 0.0737. The van der Waals surface area contributed by atoms with Gasteiger partial charge in [0, 0.05) is 17.3 Å². The lowest BCUT2D eigenvalue weighted by Gasteiger charge is -2.06. The molecule has 2 aromatic rings. The molecule has 0 atom stereocenters. The normalized spacial score (nSPS) is 10.8. The van der Waals surface area contributed by atoms with Gasteiger partial charge in [0.15, 0.2) is 5.57 Å². The average Bonchev–Trinajstić information content (AvgIpc) is 2.47. The van der Waals surface area contributed by atoms with Gasteiger partial charge in [0.25, 0.3) is 0 Å². The van der Waals surface area contributed by atoms with E-state index in [0.29, 0.717) is 0 Å². The Labute approximate surface area is 110 Å². The predicted octanol–water partition coefficient (Wildman–Crippen LogP) is 2.83. The van der Waals surface area contributed by atoms with E-state index in [0.717, 1.165) is 16.5 Å². The molecule has 0 aliphatic carbocycles. The molecule has 2 rings (SSSR count). The molecule has 0 aromatic heterocycles. The number of carbonyl (C=O) groups excluding carboxylic acids is 1. The fourth-order valence-corrected chi connectivity index (χ4v) is 1.75. The molecule has 94 valence electrons. The maximum absolute atomic E-state index is 11.3. The molecule has 0 saturated heterocycles. The van der Waals surface area contributed by atoms with Crippen molar-refractivity contribution in [2.45, 2.75) is 0 Å². The molecule has 0 aliphatic rings. The molecule has 0 spiro atoms. The van der Waals surface area contributed by atoms with Crippen LogP contribution in [0.3, 0.4) is 0 Å². The third kappa shape index (κ3) is 2.72. The highest BCUT2D eigenvalue weighted by atomic mass is 16.5. The van der Waals surface area contributed by atoms with Crippen molar-refractivity contribution in [2.75, 3.05) is 12.4 Å². The Morgan fingerprint density at radius 3 is 2.74 bits per heavy atom. The standard InChI is InChI=1S/C15H12N2O2/c1-19-15(18)12(9-16)10-17-14-8-4-6-11-5-2-3-7-13(11)14/h2-8,10,17H,1H3/b12-10-. The molecule has 0 saturated carbocycles. The molecule has 1 N–H and O–H groups in total. The molecule has 2 aromatic carbocycles. The van der Waals surface area contributed by atoms with Gasteiger partial charge in [-0.15, -0.1) is 0 Å². The Hall–Kier alpha value is -2.80. The first kappa shape index (κ1) is 12.7. The quantitative estimate of drug-likeness (QED) is 0.518. The number of hydrogen-bond acceptors (Lipinski definition) is 4. The largest absolute Gasteiger partial charge is 0.465 e. The first-order valence-electron chi connectivity index (χ1n) is 5.69. The van der Waals surface area contributed by atoms with Crippen LogP contribution >= 0.6 is 0 Å². The van der Waals surface area contributed by atoms with E-state index >= 15 is 0 Å². The number of benzene rings is 2. The number of rotatable bonds is 3. The number of hydrogen-bond donors (Lipinski definition) is 1. The fourth-order valence-electron chi connectivity index (χ4n) is 1.75. The maximum Gasteiger partial charge on any atom is 0.350 e. The van der Waals surface area contributed by atoms with Gasteiger partial charge in [-0.1, -0.05) is 36.4 Å². The number of esters is 1. The molecule has 0 bridgehead atoms. The molecule has 0 radical (unpaired) electrons. The summed E-state index contributed by atoms with van der Waals surface area (Å²) >= 11 is 0. The number of ether oxygens (including phenoxy) is 1. The lowest BCUT2D eigenvalue weighted by atomic mass is 10.1. The zero-order valence-corrected chi connectivity index (χ0v) is 10.4. The topological polar surface area (TPSA) is 62.1 Å². The van der Waals surface area contributed by atoms with E-state index in [1.54, 1.807) is 6.07 Å². The van der Waals surface area contributed by atoms with E-state index in [1.165, 1.54) is 13.3 Å². The number of nitriles is 1. The van der Waals surface area contributed by atoms with Crippen LogP contribution in [0.25, 0.3) is 10.8 Å². The highest BCUT2D eigenvalue weighted by molar-refractivity contribution is 5.96. The van der Waals surface area contributed by atoms with Crippen LogP contribution in [0.4, 0.5) is 5.69 Å². The van der Waals surface area contributed by atoms with Gasteiger partial charge < -0.3 is 10.1 Å². The third-order valence-electron chi connectivity index (χ3n) is 2.69. The first-order chi connectivity index (χ1) is 9.26. The number of anilines is 1. The zero-order chi connectivity index (χ0) is 13.7. The van der Waals surface area contributed by atoms with Crippen LogP contribution in [0, 0.1) is 11.3 Å². The summed E-state index contributed by atoms with van der Waals surface area (Å²) in [5, 5.41) is 13.9. The van der Waals surface area contributed by atoms with Crippen LogP contribution in [0.15, 0.2) is 54.2 Å². The lowest BCUT2D eigenvalue weighted by Crippen LogP contribution is -2.05. The van der Waals surface area contributed by atoms with Crippen molar-refractivity contribution >= 4 is 22.4 Å². The van der Waals surface area contributed by atoms with Gasteiger partial charge in [-0.3, -0.25) is 0 Å². The van der Waals surface area contributed by atoms with E-state index in [1.807, 2.05) is 42.5 Å². The highest BCUT2D eigenvalue weighted by Gasteiger charge is 2.08. The minimum atomic E-state index is -0.657. The first-order valence-corrected chi connectivity index (χ1v) is 5.69.